The van der Waals surface area contributed by atoms with Crippen LogP contribution in [0.15, 0.2) is 32.7 Å². The highest BCUT2D eigenvalue weighted by Gasteiger charge is 2.24. The SMILES string of the molecule is CN(C)S(=O)(=O)c1ccc(Cl)c(C(=O)OCC(=O)c2c(N)n(C)c(=O)n(C)c2=O)c1. The van der Waals surface area contributed by atoms with Crippen molar-refractivity contribution >= 4 is 39.2 Å². The van der Waals surface area contributed by atoms with Gasteiger partial charge < -0.3 is 10.5 Å². The van der Waals surface area contributed by atoms with Crippen molar-refractivity contribution in [2.24, 2.45) is 14.1 Å². The molecular weight excluding hydrogens is 440 g/mol. The van der Waals surface area contributed by atoms with E-state index >= 15 is 0 Å². The van der Waals surface area contributed by atoms with Gasteiger partial charge in [0, 0.05) is 28.2 Å². The van der Waals surface area contributed by atoms with Gasteiger partial charge in [0.1, 0.15) is 11.4 Å². The molecule has 13 heteroatoms. The molecule has 1 aromatic heterocycles. The van der Waals surface area contributed by atoms with Crippen LogP contribution < -0.4 is 17.0 Å². The van der Waals surface area contributed by atoms with Gasteiger partial charge in [-0.3, -0.25) is 18.7 Å². The summed E-state index contributed by atoms with van der Waals surface area (Å²) in [5.74, 6) is -2.39. The monoisotopic (exact) mass is 458 g/mol. The number of carbonyl (C=O) groups is 2. The number of aromatic nitrogens is 2. The van der Waals surface area contributed by atoms with E-state index in [0.29, 0.717) is 4.57 Å². The molecular formula is C17H19ClN4O7S. The fourth-order valence-electron chi connectivity index (χ4n) is 2.44. The Bertz CT molecular complexity index is 1260. The predicted molar refractivity (Wildman–Crippen MR) is 108 cm³/mol. The zero-order chi connectivity index (χ0) is 23.0. The summed E-state index contributed by atoms with van der Waals surface area (Å²) >= 11 is 5.96. The Labute approximate surface area is 176 Å². The largest absolute Gasteiger partial charge is 0.454 e. The number of rotatable bonds is 6. The van der Waals surface area contributed by atoms with E-state index < -0.39 is 45.2 Å². The van der Waals surface area contributed by atoms with E-state index in [1.807, 2.05) is 0 Å². The van der Waals surface area contributed by atoms with Crippen LogP contribution in [-0.2, 0) is 28.9 Å². The van der Waals surface area contributed by atoms with Crippen molar-refractivity contribution in [1.82, 2.24) is 13.4 Å². The van der Waals surface area contributed by atoms with Crippen LogP contribution in [0.3, 0.4) is 0 Å². The van der Waals surface area contributed by atoms with Crippen LogP contribution in [0.1, 0.15) is 20.7 Å². The Balaban J connectivity index is 2.33. The van der Waals surface area contributed by atoms with Crippen LogP contribution in [-0.4, -0.2) is 54.3 Å². The van der Waals surface area contributed by atoms with Crippen molar-refractivity contribution in [1.29, 1.82) is 0 Å². The minimum Gasteiger partial charge on any atom is -0.454 e. The van der Waals surface area contributed by atoms with Gasteiger partial charge in [-0.1, -0.05) is 11.6 Å². The average Bonchev–Trinajstić information content (AvgIpc) is 2.69. The van der Waals surface area contributed by atoms with Gasteiger partial charge in [0.15, 0.2) is 6.61 Å². The number of ether oxygens (including phenoxy) is 1. The minimum absolute atomic E-state index is 0.0947. The first-order chi connectivity index (χ1) is 13.8. The maximum atomic E-state index is 12.4. The molecule has 2 rings (SSSR count). The number of nitrogen functional groups attached to an aromatic ring is 1. The third-order valence-corrected chi connectivity index (χ3v) is 6.40. The number of esters is 1. The van der Waals surface area contributed by atoms with Gasteiger partial charge in [0.2, 0.25) is 15.8 Å². The Morgan fingerprint density at radius 1 is 1.17 bits per heavy atom. The number of nitrogens with zero attached hydrogens (tertiary/aromatic N) is 3. The summed E-state index contributed by atoms with van der Waals surface area (Å²) in [6.07, 6.45) is 0. The molecule has 0 unspecified atom stereocenters. The first-order valence-corrected chi connectivity index (χ1v) is 10.1. The number of halogens is 1. The molecule has 0 fully saturated rings. The second kappa shape index (κ2) is 8.42. The number of hydrogen-bond acceptors (Lipinski definition) is 8. The number of anilines is 1. The molecule has 0 amide bonds. The van der Waals surface area contributed by atoms with Crippen molar-refractivity contribution < 1.29 is 22.7 Å². The highest BCUT2D eigenvalue weighted by molar-refractivity contribution is 7.89. The topological polar surface area (TPSA) is 151 Å². The van der Waals surface area contributed by atoms with Crippen molar-refractivity contribution in [2.45, 2.75) is 4.90 Å². The second-order valence-electron chi connectivity index (χ2n) is 6.39. The maximum Gasteiger partial charge on any atom is 0.340 e. The molecule has 30 heavy (non-hydrogen) atoms. The number of nitrogens with two attached hydrogens (primary N) is 1. The number of benzene rings is 1. The van der Waals surface area contributed by atoms with E-state index in [1.165, 1.54) is 40.3 Å². The van der Waals surface area contributed by atoms with Crippen LogP contribution >= 0.6 is 11.6 Å². The standard InChI is InChI=1S/C17H19ClN4O7S/c1-20(2)30(27,28)9-5-6-11(18)10(7-9)16(25)29-8-12(23)13-14(19)21(3)17(26)22(4)15(13)24/h5-7H,8,19H2,1-4H3. The molecule has 0 aliphatic rings. The van der Waals surface area contributed by atoms with Crippen molar-refractivity contribution in [3.63, 3.8) is 0 Å². The Kier molecular flexibility index (Phi) is 6.54. The normalized spacial score (nSPS) is 11.5. The summed E-state index contributed by atoms with van der Waals surface area (Å²) in [5, 5.41) is -0.0947. The first-order valence-electron chi connectivity index (χ1n) is 8.28. The lowest BCUT2D eigenvalue weighted by Gasteiger charge is -2.13. The van der Waals surface area contributed by atoms with Crippen molar-refractivity contribution in [3.05, 3.63) is 55.2 Å². The van der Waals surface area contributed by atoms with E-state index in [4.69, 9.17) is 22.1 Å². The predicted octanol–water partition coefficient (Wildman–Crippen LogP) is -0.390. The molecule has 0 atom stereocenters. The van der Waals surface area contributed by atoms with Gasteiger partial charge in [-0.2, -0.15) is 0 Å². The zero-order valence-electron chi connectivity index (χ0n) is 16.5. The molecule has 0 saturated heterocycles. The highest BCUT2D eigenvalue weighted by Crippen LogP contribution is 2.23. The molecule has 0 saturated carbocycles. The van der Waals surface area contributed by atoms with Crippen molar-refractivity contribution in [2.75, 3.05) is 26.4 Å². The molecule has 0 spiro atoms. The quantitative estimate of drug-likeness (QED) is 0.454. The zero-order valence-corrected chi connectivity index (χ0v) is 18.1. The van der Waals surface area contributed by atoms with Gasteiger partial charge >= 0.3 is 11.7 Å². The number of hydrogen-bond donors (Lipinski definition) is 1. The second-order valence-corrected chi connectivity index (χ2v) is 8.95. The van der Waals surface area contributed by atoms with Gasteiger partial charge in [-0.15, -0.1) is 0 Å². The summed E-state index contributed by atoms with van der Waals surface area (Å²) in [6, 6.07) is 3.44. The summed E-state index contributed by atoms with van der Waals surface area (Å²) in [7, 11) is 1.24. The fraction of sp³-hybridized carbons (Fsp3) is 0.294. The minimum atomic E-state index is -3.84. The third kappa shape index (κ3) is 4.15. The molecule has 0 aliphatic heterocycles. The maximum absolute atomic E-state index is 12.4. The third-order valence-electron chi connectivity index (χ3n) is 4.26. The van der Waals surface area contributed by atoms with E-state index in [-0.39, 0.29) is 21.3 Å². The Hall–Kier alpha value is -2.96. The summed E-state index contributed by atoms with van der Waals surface area (Å²) in [4.78, 5) is 48.6. The molecule has 1 aromatic carbocycles. The molecule has 2 N–H and O–H groups in total. The van der Waals surface area contributed by atoms with Gasteiger partial charge in [-0.25, -0.2) is 22.3 Å². The van der Waals surface area contributed by atoms with Crippen LogP contribution in [0.5, 0.6) is 0 Å². The molecule has 2 aromatic rings. The molecule has 1 heterocycles. The number of carbonyl (C=O) groups excluding carboxylic acids is 2. The Morgan fingerprint density at radius 3 is 2.33 bits per heavy atom. The van der Waals surface area contributed by atoms with E-state index in [0.717, 1.165) is 14.9 Å². The fourth-order valence-corrected chi connectivity index (χ4v) is 3.56. The molecule has 0 aliphatic carbocycles. The molecule has 0 bridgehead atoms. The number of Topliss-reactive ketones (excluding diaryl/α,β-unsaturated/α-hetero) is 1. The van der Waals surface area contributed by atoms with Gasteiger partial charge in [0.25, 0.3) is 5.56 Å². The lowest BCUT2D eigenvalue weighted by atomic mass is 10.2. The highest BCUT2D eigenvalue weighted by atomic mass is 35.5. The van der Waals surface area contributed by atoms with Crippen LogP contribution in [0, 0.1) is 0 Å². The molecule has 162 valence electrons. The molecule has 0 radical (unpaired) electrons. The van der Waals surface area contributed by atoms with Crippen LogP contribution in [0.2, 0.25) is 5.02 Å². The van der Waals surface area contributed by atoms with Crippen LogP contribution in [0.4, 0.5) is 5.82 Å². The number of ketones is 1. The van der Waals surface area contributed by atoms with E-state index in [9.17, 15) is 27.6 Å². The smallest absolute Gasteiger partial charge is 0.340 e. The van der Waals surface area contributed by atoms with Gasteiger partial charge in [-0.05, 0) is 18.2 Å². The summed E-state index contributed by atoms with van der Waals surface area (Å²) in [6.45, 7) is -0.878. The van der Waals surface area contributed by atoms with Crippen molar-refractivity contribution in [3.8, 4) is 0 Å². The summed E-state index contributed by atoms with van der Waals surface area (Å²) in [5.41, 5.74) is 3.23. The lowest BCUT2D eigenvalue weighted by Crippen LogP contribution is -2.42. The Morgan fingerprint density at radius 2 is 1.77 bits per heavy atom. The average molecular weight is 459 g/mol. The van der Waals surface area contributed by atoms with Crippen LogP contribution in [0.25, 0.3) is 0 Å². The number of sulfonamides is 1. The van der Waals surface area contributed by atoms with Gasteiger partial charge in [0.05, 0.1) is 15.5 Å². The summed E-state index contributed by atoms with van der Waals surface area (Å²) < 4.78 is 31.9. The lowest BCUT2D eigenvalue weighted by molar-refractivity contribution is 0.0474. The molecule has 11 nitrogen and oxygen atoms in total. The van der Waals surface area contributed by atoms with E-state index in [1.54, 1.807) is 0 Å². The first kappa shape index (κ1) is 23.3. The van der Waals surface area contributed by atoms with E-state index in [2.05, 4.69) is 0 Å².